The molecule has 128 valence electrons. The van der Waals surface area contributed by atoms with Crippen molar-refractivity contribution in [1.82, 2.24) is 0 Å². The largest absolute Gasteiger partial charge is 0.321 e. The fraction of sp³-hybridized carbons (Fsp3) is 0.300. The van der Waals surface area contributed by atoms with Crippen molar-refractivity contribution in [2.24, 2.45) is 0 Å². The van der Waals surface area contributed by atoms with Crippen LogP contribution in [0.1, 0.15) is 24.0 Å². The second-order valence-electron chi connectivity index (χ2n) is 6.46. The second-order valence-corrected chi connectivity index (χ2v) is 6.46. The van der Waals surface area contributed by atoms with E-state index in [9.17, 15) is 9.18 Å². The molecule has 0 bridgehead atoms. The molecule has 1 amide bonds. The van der Waals surface area contributed by atoms with Crippen molar-refractivity contribution < 1.29 is 14.1 Å². The molecule has 2 N–H and O–H groups in total. The van der Waals surface area contributed by atoms with Crippen molar-refractivity contribution in [2.75, 3.05) is 11.9 Å². The van der Waals surface area contributed by atoms with Gasteiger partial charge in [0.05, 0.1) is 18.5 Å². The van der Waals surface area contributed by atoms with Crippen molar-refractivity contribution in [1.29, 1.82) is 5.26 Å². The van der Waals surface area contributed by atoms with Gasteiger partial charge in [-0.3, -0.25) is 4.79 Å². The van der Waals surface area contributed by atoms with E-state index in [0.717, 1.165) is 23.3 Å². The zero-order chi connectivity index (χ0) is 17.6. The highest BCUT2D eigenvalue weighted by Crippen LogP contribution is 2.16. The van der Waals surface area contributed by atoms with Crippen molar-refractivity contribution in [3.8, 4) is 6.07 Å². The number of nitriles is 1. The third-order valence-corrected chi connectivity index (χ3v) is 4.44. The van der Waals surface area contributed by atoms with Gasteiger partial charge in [-0.25, -0.2) is 4.39 Å². The molecule has 0 aromatic heterocycles. The molecule has 3 rings (SSSR count). The third-order valence-electron chi connectivity index (χ3n) is 4.44. The van der Waals surface area contributed by atoms with Crippen LogP contribution in [-0.2, 0) is 17.8 Å². The Labute approximate surface area is 146 Å². The van der Waals surface area contributed by atoms with Crippen molar-refractivity contribution in [2.45, 2.75) is 31.8 Å². The highest BCUT2D eigenvalue weighted by Gasteiger charge is 2.35. The lowest BCUT2D eigenvalue weighted by molar-refractivity contribution is -0.917. The minimum absolute atomic E-state index is 0.0775. The first-order valence-corrected chi connectivity index (χ1v) is 8.49. The van der Waals surface area contributed by atoms with Gasteiger partial charge in [0, 0.05) is 24.1 Å². The Bertz CT molecular complexity index is 778. The van der Waals surface area contributed by atoms with Gasteiger partial charge in [-0.2, -0.15) is 5.26 Å². The van der Waals surface area contributed by atoms with E-state index in [4.69, 9.17) is 5.26 Å². The summed E-state index contributed by atoms with van der Waals surface area (Å²) >= 11 is 0. The van der Waals surface area contributed by atoms with Crippen LogP contribution in [0, 0.1) is 17.1 Å². The van der Waals surface area contributed by atoms with Crippen LogP contribution in [-0.4, -0.2) is 18.5 Å². The molecule has 0 spiro atoms. The second kappa shape index (κ2) is 7.91. The predicted octanol–water partition coefficient (Wildman–Crippen LogP) is 2.08. The molecule has 1 unspecified atom stereocenters. The van der Waals surface area contributed by atoms with Crippen LogP contribution in [0.15, 0.2) is 48.5 Å². The van der Waals surface area contributed by atoms with Crippen LogP contribution in [0.3, 0.4) is 0 Å². The Morgan fingerprint density at radius 1 is 1.20 bits per heavy atom. The number of anilines is 1. The predicted molar refractivity (Wildman–Crippen MR) is 93.3 cm³/mol. The van der Waals surface area contributed by atoms with Gasteiger partial charge in [0.25, 0.3) is 5.91 Å². The van der Waals surface area contributed by atoms with Gasteiger partial charge in [0.2, 0.25) is 0 Å². The van der Waals surface area contributed by atoms with Gasteiger partial charge >= 0.3 is 0 Å². The summed E-state index contributed by atoms with van der Waals surface area (Å²) in [6.45, 7) is 0.838. The molecule has 1 aliphatic rings. The molecule has 25 heavy (non-hydrogen) atoms. The third kappa shape index (κ3) is 4.88. The van der Waals surface area contributed by atoms with Crippen molar-refractivity contribution >= 4 is 11.6 Å². The van der Waals surface area contributed by atoms with Gasteiger partial charge in [0.15, 0.2) is 6.54 Å². The fourth-order valence-corrected chi connectivity index (χ4v) is 2.94. The lowest BCUT2D eigenvalue weighted by Crippen LogP contribution is -3.13. The van der Waals surface area contributed by atoms with E-state index in [1.165, 1.54) is 6.07 Å². The first-order valence-electron chi connectivity index (χ1n) is 8.49. The highest BCUT2D eigenvalue weighted by molar-refractivity contribution is 5.91. The Hall–Kier alpha value is -2.71. The quantitative estimate of drug-likeness (QED) is 0.812. The van der Waals surface area contributed by atoms with Crippen LogP contribution in [0.4, 0.5) is 10.1 Å². The summed E-state index contributed by atoms with van der Waals surface area (Å²) in [5, 5.41) is 11.6. The first kappa shape index (κ1) is 17.1. The van der Waals surface area contributed by atoms with E-state index < -0.39 is 0 Å². The zero-order valence-corrected chi connectivity index (χ0v) is 14.0. The number of carbonyl (C=O) groups excluding carboxylic acids is 1. The average molecular weight is 338 g/mol. The van der Waals surface area contributed by atoms with Gasteiger partial charge in [-0.15, -0.1) is 0 Å². The minimum Gasteiger partial charge on any atom is -0.321 e. The summed E-state index contributed by atoms with van der Waals surface area (Å²) in [6.07, 6.45) is 2.52. The molecule has 2 aromatic rings. The number of rotatable bonds is 7. The molecular formula is C20H21FN3O+. The maximum atomic E-state index is 13.9. The van der Waals surface area contributed by atoms with E-state index >= 15 is 0 Å². The molecule has 1 aliphatic carbocycles. The average Bonchev–Trinajstić information content (AvgIpc) is 3.43. The monoisotopic (exact) mass is 338 g/mol. The molecule has 1 atom stereocenters. The summed E-state index contributed by atoms with van der Waals surface area (Å²) in [7, 11) is 0. The maximum absolute atomic E-state index is 13.9. The van der Waals surface area contributed by atoms with E-state index in [-0.39, 0.29) is 11.7 Å². The number of nitrogens with zero attached hydrogens (tertiary/aromatic N) is 1. The topological polar surface area (TPSA) is 57.3 Å². The Kier molecular flexibility index (Phi) is 5.42. The van der Waals surface area contributed by atoms with Gasteiger partial charge in [0.1, 0.15) is 12.4 Å². The van der Waals surface area contributed by atoms with Crippen LogP contribution < -0.4 is 10.2 Å². The molecule has 0 aliphatic heterocycles. The summed E-state index contributed by atoms with van der Waals surface area (Å²) in [6, 6.07) is 16.6. The summed E-state index contributed by atoms with van der Waals surface area (Å²) < 4.78 is 13.9. The molecular weight excluding hydrogens is 317 g/mol. The molecule has 2 aromatic carbocycles. The van der Waals surface area contributed by atoms with Crippen molar-refractivity contribution in [3.05, 3.63) is 65.5 Å². The Balaban J connectivity index is 1.59. The molecule has 1 saturated carbocycles. The number of amides is 1. The summed E-state index contributed by atoms with van der Waals surface area (Å²) in [4.78, 5) is 13.5. The van der Waals surface area contributed by atoms with E-state index in [0.29, 0.717) is 36.8 Å². The fourth-order valence-electron chi connectivity index (χ4n) is 2.94. The Morgan fingerprint density at radius 2 is 1.92 bits per heavy atom. The van der Waals surface area contributed by atoms with E-state index in [1.807, 2.05) is 18.2 Å². The molecule has 5 heteroatoms. The zero-order valence-electron chi connectivity index (χ0n) is 14.0. The van der Waals surface area contributed by atoms with Crippen LogP contribution in [0.5, 0.6) is 0 Å². The smallest absolute Gasteiger partial charge is 0.279 e. The number of hydrogen-bond acceptors (Lipinski definition) is 2. The van der Waals surface area contributed by atoms with E-state index in [1.54, 1.807) is 24.3 Å². The number of halogens is 1. The molecule has 4 nitrogen and oxygen atoms in total. The molecule has 0 heterocycles. The Morgan fingerprint density at radius 3 is 2.56 bits per heavy atom. The number of carbonyl (C=O) groups is 1. The molecule has 1 fully saturated rings. The lowest BCUT2D eigenvalue weighted by Gasteiger charge is -2.19. The SMILES string of the molecule is N#CCc1ccc(NC(=O)C[NH+](Cc2ccccc2F)C2CC2)cc1. The van der Waals surface area contributed by atoms with Gasteiger partial charge < -0.3 is 10.2 Å². The maximum Gasteiger partial charge on any atom is 0.279 e. The molecule has 0 radical (unpaired) electrons. The van der Waals surface area contributed by atoms with Crippen LogP contribution >= 0.6 is 0 Å². The highest BCUT2D eigenvalue weighted by atomic mass is 19.1. The van der Waals surface area contributed by atoms with Crippen LogP contribution in [0.2, 0.25) is 0 Å². The van der Waals surface area contributed by atoms with Crippen molar-refractivity contribution in [3.63, 3.8) is 0 Å². The summed E-state index contributed by atoms with van der Waals surface area (Å²) in [5.74, 6) is -0.291. The van der Waals surface area contributed by atoms with Gasteiger partial charge in [-0.1, -0.05) is 30.3 Å². The van der Waals surface area contributed by atoms with E-state index in [2.05, 4.69) is 11.4 Å². The summed E-state index contributed by atoms with van der Waals surface area (Å²) in [5.41, 5.74) is 2.29. The normalized spacial score (nSPS) is 14.6. The minimum atomic E-state index is -0.214. The van der Waals surface area contributed by atoms with Crippen LogP contribution in [0.25, 0.3) is 0 Å². The van der Waals surface area contributed by atoms with Gasteiger partial charge in [-0.05, 0) is 23.8 Å². The number of hydrogen-bond donors (Lipinski definition) is 2. The lowest BCUT2D eigenvalue weighted by atomic mass is 10.1. The first-order chi connectivity index (χ1) is 12.2. The number of quaternary nitrogens is 1. The number of benzene rings is 2. The molecule has 0 saturated heterocycles. The standard InChI is InChI=1S/C20H20FN3O/c21-19-4-2-1-3-16(19)13-24(18-9-10-18)14-20(25)23-17-7-5-15(6-8-17)11-12-22/h1-8,18H,9-11,13-14H2,(H,23,25)/p+1. The number of nitrogens with one attached hydrogen (secondary N) is 2.